The van der Waals surface area contributed by atoms with Gasteiger partial charge in [0.05, 0.1) is 18.6 Å². The van der Waals surface area contributed by atoms with Crippen LogP contribution in [0.3, 0.4) is 0 Å². The molecule has 1 aromatic carbocycles. The molecule has 0 saturated carbocycles. The molecule has 0 amide bonds. The van der Waals surface area contributed by atoms with Crippen LogP contribution in [0.1, 0.15) is 22.7 Å². The lowest BCUT2D eigenvalue weighted by molar-refractivity contribution is 0.554. The first-order valence-corrected chi connectivity index (χ1v) is 6.63. The van der Waals surface area contributed by atoms with Gasteiger partial charge in [-0.2, -0.15) is 0 Å². The molecule has 0 spiro atoms. The molecular formula is C17H16N2O. The van der Waals surface area contributed by atoms with Crippen LogP contribution in [0.4, 0.5) is 0 Å². The molecule has 100 valence electrons. The van der Waals surface area contributed by atoms with E-state index in [9.17, 15) is 0 Å². The fraction of sp³-hybridized carbons (Fsp3) is 0.118. The number of furan rings is 1. The smallest absolute Gasteiger partial charge is 0.0947 e. The Kier molecular flexibility index (Phi) is 3.90. The topological polar surface area (TPSA) is 38.1 Å². The van der Waals surface area contributed by atoms with E-state index in [0.29, 0.717) is 0 Å². The highest BCUT2D eigenvalue weighted by atomic mass is 16.3. The van der Waals surface area contributed by atoms with Crippen molar-refractivity contribution in [3.05, 3.63) is 90.1 Å². The van der Waals surface area contributed by atoms with Crippen LogP contribution in [0.5, 0.6) is 0 Å². The van der Waals surface area contributed by atoms with Crippen molar-refractivity contribution in [1.29, 1.82) is 0 Å². The van der Waals surface area contributed by atoms with Gasteiger partial charge in [-0.25, -0.2) is 0 Å². The summed E-state index contributed by atoms with van der Waals surface area (Å²) in [6.07, 6.45) is 7.11. The fourth-order valence-electron chi connectivity index (χ4n) is 2.24. The third-order valence-electron chi connectivity index (χ3n) is 3.26. The lowest BCUT2D eigenvalue weighted by Gasteiger charge is -2.19. The largest absolute Gasteiger partial charge is 0.472 e. The van der Waals surface area contributed by atoms with E-state index in [-0.39, 0.29) is 6.04 Å². The van der Waals surface area contributed by atoms with Crippen molar-refractivity contribution < 1.29 is 4.42 Å². The first-order chi connectivity index (χ1) is 9.93. The van der Waals surface area contributed by atoms with E-state index >= 15 is 0 Å². The zero-order chi connectivity index (χ0) is 13.6. The summed E-state index contributed by atoms with van der Waals surface area (Å²) >= 11 is 0. The Morgan fingerprint density at radius 3 is 2.40 bits per heavy atom. The quantitative estimate of drug-likeness (QED) is 0.765. The Hall–Kier alpha value is -2.39. The van der Waals surface area contributed by atoms with E-state index in [1.807, 2.05) is 36.7 Å². The summed E-state index contributed by atoms with van der Waals surface area (Å²) in [6.45, 7) is 0.762. The molecule has 1 atom stereocenters. The van der Waals surface area contributed by atoms with Gasteiger partial charge in [0.1, 0.15) is 0 Å². The van der Waals surface area contributed by atoms with Crippen LogP contribution in [0.25, 0.3) is 0 Å². The number of pyridine rings is 1. The Morgan fingerprint density at radius 1 is 0.950 bits per heavy atom. The van der Waals surface area contributed by atoms with Gasteiger partial charge in [-0.15, -0.1) is 0 Å². The van der Waals surface area contributed by atoms with E-state index in [1.54, 1.807) is 12.5 Å². The molecule has 1 N–H and O–H groups in total. The summed E-state index contributed by atoms with van der Waals surface area (Å²) in [6, 6.07) is 16.6. The molecular weight excluding hydrogens is 248 g/mol. The summed E-state index contributed by atoms with van der Waals surface area (Å²) in [5, 5.41) is 3.57. The van der Waals surface area contributed by atoms with Gasteiger partial charge in [0.15, 0.2) is 0 Å². The van der Waals surface area contributed by atoms with Crippen molar-refractivity contribution in [3.63, 3.8) is 0 Å². The lowest BCUT2D eigenvalue weighted by Crippen LogP contribution is -2.21. The zero-order valence-corrected chi connectivity index (χ0v) is 11.1. The maximum absolute atomic E-state index is 5.11. The Labute approximate surface area is 118 Å². The normalized spacial score (nSPS) is 12.2. The van der Waals surface area contributed by atoms with Gasteiger partial charge in [0.25, 0.3) is 0 Å². The van der Waals surface area contributed by atoms with Crippen molar-refractivity contribution in [2.45, 2.75) is 12.6 Å². The average Bonchev–Trinajstić information content (AvgIpc) is 3.03. The molecule has 0 bridgehead atoms. The van der Waals surface area contributed by atoms with Crippen LogP contribution in [0, 0.1) is 0 Å². The van der Waals surface area contributed by atoms with Crippen LogP contribution in [-0.2, 0) is 6.54 Å². The molecule has 0 aliphatic carbocycles. The van der Waals surface area contributed by atoms with Gasteiger partial charge in [-0.05, 0) is 29.3 Å². The number of aromatic nitrogens is 1. The number of benzene rings is 1. The molecule has 3 heteroatoms. The molecule has 3 rings (SSSR count). The van der Waals surface area contributed by atoms with Crippen LogP contribution in [0.2, 0.25) is 0 Å². The predicted octanol–water partition coefficient (Wildman–Crippen LogP) is 3.55. The number of hydrogen-bond acceptors (Lipinski definition) is 3. The SMILES string of the molecule is c1ccc(C(NCc2ccoc2)c2ccncc2)cc1. The summed E-state index contributed by atoms with van der Waals surface area (Å²) in [5.74, 6) is 0. The predicted molar refractivity (Wildman–Crippen MR) is 78.1 cm³/mol. The van der Waals surface area contributed by atoms with E-state index in [2.05, 4.69) is 34.6 Å². The van der Waals surface area contributed by atoms with E-state index in [1.165, 1.54) is 11.1 Å². The second kappa shape index (κ2) is 6.17. The third kappa shape index (κ3) is 2.95. The van der Waals surface area contributed by atoms with E-state index in [4.69, 9.17) is 4.42 Å². The first-order valence-electron chi connectivity index (χ1n) is 6.63. The average molecular weight is 264 g/mol. The lowest BCUT2D eigenvalue weighted by atomic mass is 9.99. The zero-order valence-electron chi connectivity index (χ0n) is 11.1. The molecule has 0 radical (unpaired) electrons. The van der Waals surface area contributed by atoms with Crippen molar-refractivity contribution in [1.82, 2.24) is 10.3 Å². The minimum absolute atomic E-state index is 0.147. The van der Waals surface area contributed by atoms with Crippen molar-refractivity contribution >= 4 is 0 Å². The highest BCUT2D eigenvalue weighted by Gasteiger charge is 2.13. The molecule has 3 aromatic rings. The van der Waals surface area contributed by atoms with Gasteiger partial charge >= 0.3 is 0 Å². The summed E-state index contributed by atoms with van der Waals surface area (Å²) in [5.41, 5.74) is 3.58. The minimum atomic E-state index is 0.147. The van der Waals surface area contributed by atoms with Crippen LogP contribution < -0.4 is 5.32 Å². The van der Waals surface area contributed by atoms with Gasteiger partial charge in [0, 0.05) is 24.5 Å². The summed E-state index contributed by atoms with van der Waals surface area (Å²) in [7, 11) is 0. The fourth-order valence-corrected chi connectivity index (χ4v) is 2.24. The minimum Gasteiger partial charge on any atom is -0.472 e. The standard InChI is InChI=1S/C17H16N2O/c1-2-4-15(5-3-1)17(16-6-9-18-10-7-16)19-12-14-8-11-20-13-14/h1-11,13,17,19H,12H2. The molecule has 0 aliphatic rings. The highest BCUT2D eigenvalue weighted by molar-refractivity contribution is 5.30. The molecule has 1 unspecified atom stereocenters. The molecule has 0 fully saturated rings. The van der Waals surface area contributed by atoms with Crippen molar-refractivity contribution in [3.8, 4) is 0 Å². The number of hydrogen-bond donors (Lipinski definition) is 1. The Bertz CT molecular complexity index is 581. The highest BCUT2D eigenvalue weighted by Crippen LogP contribution is 2.21. The van der Waals surface area contributed by atoms with Crippen LogP contribution in [0.15, 0.2) is 77.9 Å². The molecule has 0 saturated heterocycles. The second-order valence-corrected chi connectivity index (χ2v) is 4.64. The van der Waals surface area contributed by atoms with Gasteiger partial charge in [0.2, 0.25) is 0 Å². The molecule has 2 heterocycles. The monoisotopic (exact) mass is 264 g/mol. The van der Waals surface area contributed by atoms with Crippen LogP contribution >= 0.6 is 0 Å². The third-order valence-corrected chi connectivity index (χ3v) is 3.26. The van der Waals surface area contributed by atoms with E-state index in [0.717, 1.165) is 12.1 Å². The maximum Gasteiger partial charge on any atom is 0.0947 e. The molecule has 20 heavy (non-hydrogen) atoms. The summed E-state index contributed by atoms with van der Waals surface area (Å²) in [4.78, 5) is 4.09. The number of nitrogens with zero attached hydrogens (tertiary/aromatic N) is 1. The number of rotatable bonds is 5. The van der Waals surface area contributed by atoms with Crippen molar-refractivity contribution in [2.24, 2.45) is 0 Å². The summed E-state index contributed by atoms with van der Waals surface area (Å²) < 4.78 is 5.11. The van der Waals surface area contributed by atoms with Gasteiger partial charge in [-0.1, -0.05) is 30.3 Å². The van der Waals surface area contributed by atoms with Gasteiger partial charge in [-0.3, -0.25) is 4.98 Å². The molecule has 0 aliphatic heterocycles. The Balaban J connectivity index is 1.84. The first kappa shape index (κ1) is 12.6. The van der Waals surface area contributed by atoms with E-state index < -0.39 is 0 Å². The maximum atomic E-state index is 5.11. The van der Waals surface area contributed by atoms with Crippen molar-refractivity contribution in [2.75, 3.05) is 0 Å². The number of nitrogens with one attached hydrogen (secondary N) is 1. The van der Waals surface area contributed by atoms with Gasteiger partial charge < -0.3 is 9.73 Å². The van der Waals surface area contributed by atoms with Crippen LogP contribution in [-0.4, -0.2) is 4.98 Å². The second-order valence-electron chi connectivity index (χ2n) is 4.64. The molecule has 2 aromatic heterocycles. The molecule has 3 nitrogen and oxygen atoms in total. The Morgan fingerprint density at radius 2 is 1.70 bits per heavy atom.